The summed E-state index contributed by atoms with van der Waals surface area (Å²) in [6.45, 7) is 4.26. The van der Waals surface area contributed by atoms with Crippen LogP contribution in [0.15, 0.2) is 28.7 Å². The Bertz CT molecular complexity index is 543. The molecule has 126 valence electrons. The molecule has 0 aliphatic carbocycles. The first-order chi connectivity index (χ1) is 11.2. The second kappa shape index (κ2) is 8.01. The zero-order valence-corrected chi connectivity index (χ0v) is 15.6. The molecule has 0 bridgehead atoms. The Morgan fingerprint density at radius 1 is 1.30 bits per heavy atom. The second-order valence-corrected chi connectivity index (χ2v) is 8.27. The van der Waals surface area contributed by atoms with Crippen molar-refractivity contribution in [1.29, 1.82) is 0 Å². The largest absolute Gasteiger partial charge is 0.379 e. The Balaban J connectivity index is 1.67. The minimum Gasteiger partial charge on any atom is -0.379 e. The highest BCUT2D eigenvalue weighted by molar-refractivity contribution is 9.10. The average Bonchev–Trinajstić information content (AvgIpc) is 2.61. The van der Waals surface area contributed by atoms with Crippen LogP contribution in [0.5, 0.6) is 0 Å². The third kappa shape index (κ3) is 4.29. The smallest absolute Gasteiger partial charge is 0.251 e. The van der Waals surface area contributed by atoms with Gasteiger partial charge in [-0.3, -0.25) is 9.69 Å². The van der Waals surface area contributed by atoms with Crippen LogP contribution in [0, 0.1) is 0 Å². The van der Waals surface area contributed by atoms with Crippen molar-refractivity contribution in [3.63, 3.8) is 0 Å². The van der Waals surface area contributed by atoms with Crippen molar-refractivity contribution < 1.29 is 9.53 Å². The summed E-state index contributed by atoms with van der Waals surface area (Å²) in [6.07, 6.45) is 2.27. The van der Waals surface area contributed by atoms with Gasteiger partial charge in [-0.25, -0.2) is 0 Å². The highest BCUT2D eigenvalue weighted by Gasteiger charge is 2.39. The molecular formula is C17H23BrN2O2S. The fourth-order valence-electron chi connectivity index (χ4n) is 3.37. The van der Waals surface area contributed by atoms with E-state index in [0.29, 0.717) is 5.56 Å². The molecule has 2 saturated heterocycles. The number of morpholine rings is 1. The molecule has 2 heterocycles. The Labute approximate surface area is 150 Å². The molecule has 2 aliphatic rings. The number of hydrogen-bond acceptors (Lipinski definition) is 4. The second-order valence-electron chi connectivity index (χ2n) is 6.13. The molecule has 23 heavy (non-hydrogen) atoms. The molecule has 4 nitrogen and oxygen atoms in total. The van der Waals surface area contributed by atoms with Crippen LogP contribution >= 0.6 is 27.7 Å². The van der Waals surface area contributed by atoms with E-state index in [2.05, 4.69) is 26.1 Å². The number of nitrogens with one attached hydrogen (secondary N) is 1. The summed E-state index contributed by atoms with van der Waals surface area (Å²) < 4.78 is 6.44. The van der Waals surface area contributed by atoms with Gasteiger partial charge in [-0.1, -0.05) is 22.0 Å². The Morgan fingerprint density at radius 3 is 2.74 bits per heavy atom. The number of carbonyl (C=O) groups is 1. The first-order valence-electron chi connectivity index (χ1n) is 8.14. The fraction of sp³-hybridized carbons (Fsp3) is 0.588. The van der Waals surface area contributed by atoms with E-state index in [0.717, 1.165) is 50.2 Å². The van der Waals surface area contributed by atoms with Crippen LogP contribution in [0.3, 0.4) is 0 Å². The number of carbonyl (C=O) groups excluding carboxylic acids is 1. The third-order valence-electron chi connectivity index (χ3n) is 4.77. The van der Waals surface area contributed by atoms with Gasteiger partial charge in [-0.05, 0) is 42.5 Å². The van der Waals surface area contributed by atoms with Crippen LogP contribution in [-0.4, -0.2) is 60.7 Å². The van der Waals surface area contributed by atoms with Crippen LogP contribution < -0.4 is 5.32 Å². The highest BCUT2D eigenvalue weighted by Crippen LogP contribution is 2.32. The molecule has 0 radical (unpaired) electrons. The number of ether oxygens (including phenoxy) is 1. The maximum Gasteiger partial charge on any atom is 0.251 e. The Hall–Kier alpha value is -0.560. The topological polar surface area (TPSA) is 41.6 Å². The number of benzene rings is 1. The van der Waals surface area contributed by atoms with Crippen LogP contribution in [0.25, 0.3) is 0 Å². The number of amides is 1. The molecule has 1 N–H and O–H groups in total. The zero-order valence-electron chi connectivity index (χ0n) is 13.2. The number of thioether (sulfide) groups is 1. The molecule has 0 aromatic heterocycles. The summed E-state index contributed by atoms with van der Waals surface area (Å²) in [4.78, 5) is 15.0. The standard InChI is InChI=1S/C17H23BrN2O2S/c18-15-3-1-2-14(12-15)16(21)19-13-17(4-10-23-11-5-17)20-6-8-22-9-7-20/h1-3,12H,4-11,13H2,(H,19,21). The molecule has 2 aliphatic heterocycles. The van der Waals surface area contributed by atoms with Crippen molar-refractivity contribution in [2.45, 2.75) is 18.4 Å². The monoisotopic (exact) mass is 398 g/mol. The van der Waals surface area contributed by atoms with E-state index in [-0.39, 0.29) is 11.4 Å². The molecule has 2 fully saturated rings. The summed E-state index contributed by atoms with van der Waals surface area (Å²) in [7, 11) is 0. The van der Waals surface area contributed by atoms with Crippen molar-refractivity contribution >= 4 is 33.6 Å². The minimum absolute atomic E-state index is 0.0113. The summed E-state index contributed by atoms with van der Waals surface area (Å²) in [5, 5.41) is 3.18. The molecular weight excluding hydrogens is 376 g/mol. The van der Waals surface area contributed by atoms with Crippen molar-refractivity contribution in [3.05, 3.63) is 34.3 Å². The van der Waals surface area contributed by atoms with E-state index in [1.165, 1.54) is 11.5 Å². The Morgan fingerprint density at radius 2 is 2.04 bits per heavy atom. The number of rotatable bonds is 4. The van der Waals surface area contributed by atoms with Gasteiger partial charge in [0.05, 0.1) is 13.2 Å². The lowest BCUT2D eigenvalue weighted by Gasteiger charge is -2.48. The van der Waals surface area contributed by atoms with Crippen LogP contribution in [-0.2, 0) is 4.74 Å². The van der Waals surface area contributed by atoms with Gasteiger partial charge >= 0.3 is 0 Å². The lowest BCUT2D eigenvalue weighted by molar-refractivity contribution is -0.0255. The molecule has 0 unspecified atom stereocenters. The SMILES string of the molecule is O=C(NCC1(N2CCOCC2)CCSCC1)c1cccc(Br)c1. The highest BCUT2D eigenvalue weighted by atomic mass is 79.9. The van der Waals surface area contributed by atoms with Gasteiger partial charge in [-0.2, -0.15) is 11.8 Å². The van der Waals surface area contributed by atoms with E-state index >= 15 is 0 Å². The maximum atomic E-state index is 12.5. The first-order valence-corrected chi connectivity index (χ1v) is 10.1. The lowest BCUT2D eigenvalue weighted by atomic mass is 9.89. The van der Waals surface area contributed by atoms with Crippen molar-refractivity contribution in [2.24, 2.45) is 0 Å². The van der Waals surface area contributed by atoms with Crippen molar-refractivity contribution in [2.75, 3.05) is 44.4 Å². The predicted octanol–water partition coefficient (Wildman–Crippen LogP) is 2.78. The van der Waals surface area contributed by atoms with Crippen LogP contribution in [0.4, 0.5) is 0 Å². The number of halogens is 1. The molecule has 1 aromatic rings. The van der Waals surface area contributed by atoms with Gasteiger partial charge in [0, 0.05) is 35.2 Å². The predicted molar refractivity (Wildman–Crippen MR) is 98.2 cm³/mol. The van der Waals surface area contributed by atoms with Gasteiger partial charge in [-0.15, -0.1) is 0 Å². The molecule has 6 heteroatoms. The summed E-state index contributed by atoms with van der Waals surface area (Å²) in [6, 6.07) is 7.56. The summed E-state index contributed by atoms with van der Waals surface area (Å²) >= 11 is 5.44. The van der Waals surface area contributed by atoms with E-state index in [1.54, 1.807) is 0 Å². The van der Waals surface area contributed by atoms with Gasteiger partial charge in [0.15, 0.2) is 0 Å². The van der Waals surface area contributed by atoms with Crippen LogP contribution in [0.1, 0.15) is 23.2 Å². The summed E-state index contributed by atoms with van der Waals surface area (Å²) in [5.41, 5.74) is 0.804. The van der Waals surface area contributed by atoms with E-state index in [1.807, 2.05) is 36.0 Å². The van der Waals surface area contributed by atoms with E-state index in [4.69, 9.17) is 4.74 Å². The average molecular weight is 399 g/mol. The van der Waals surface area contributed by atoms with E-state index < -0.39 is 0 Å². The summed E-state index contributed by atoms with van der Waals surface area (Å²) in [5.74, 6) is 2.35. The number of hydrogen-bond donors (Lipinski definition) is 1. The van der Waals surface area contributed by atoms with Crippen molar-refractivity contribution in [3.8, 4) is 0 Å². The first kappa shape index (κ1) is 17.3. The molecule has 1 amide bonds. The van der Waals surface area contributed by atoms with Gasteiger partial charge in [0.1, 0.15) is 0 Å². The van der Waals surface area contributed by atoms with Gasteiger partial charge in [0.2, 0.25) is 0 Å². The van der Waals surface area contributed by atoms with Crippen molar-refractivity contribution in [1.82, 2.24) is 10.2 Å². The zero-order chi connectivity index (χ0) is 16.1. The quantitative estimate of drug-likeness (QED) is 0.846. The minimum atomic E-state index is 0.0113. The maximum absolute atomic E-state index is 12.5. The van der Waals surface area contributed by atoms with E-state index in [9.17, 15) is 4.79 Å². The molecule has 1 aromatic carbocycles. The van der Waals surface area contributed by atoms with Gasteiger partial charge < -0.3 is 10.1 Å². The lowest BCUT2D eigenvalue weighted by Crippen LogP contribution is -2.60. The third-order valence-corrected chi connectivity index (χ3v) is 6.25. The molecule has 0 atom stereocenters. The number of nitrogens with zero attached hydrogens (tertiary/aromatic N) is 1. The van der Waals surface area contributed by atoms with Crippen LogP contribution in [0.2, 0.25) is 0 Å². The molecule has 0 saturated carbocycles. The molecule has 0 spiro atoms. The van der Waals surface area contributed by atoms with Gasteiger partial charge in [0.25, 0.3) is 5.91 Å². The fourth-order valence-corrected chi connectivity index (χ4v) is 5.02. The normalized spacial score (nSPS) is 21.8. The Kier molecular flexibility index (Phi) is 6.01. The molecule has 3 rings (SSSR count).